The molecule has 1 heterocycles. The molecule has 0 saturated heterocycles. The highest BCUT2D eigenvalue weighted by Crippen LogP contribution is 2.33. The third-order valence-electron chi connectivity index (χ3n) is 4.54. The van der Waals surface area contributed by atoms with Crippen molar-refractivity contribution in [2.24, 2.45) is 5.10 Å². The second kappa shape index (κ2) is 9.01. The maximum atomic E-state index is 4.33. The molecule has 0 spiro atoms. The molecule has 5 heteroatoms. The molecule has 4 rings (SSSR count). The number of hydrogen-bond acceptors (Lipinski definition) is 5. The van der Waals surface area contributed by atoms with Gasteiger partial charge in [-0.05, 0) is 61.9 Å². The minimum absolute atomic E-state index is 0.500. The van der Waals surface area contributed by atoms with E-state index in [-0.39, 0.29) is 0 Å². The second-order valence-electron chi connectivity index (χ2n) is 6.94. The number of para-hydroxylation sites is 2. The van der Waals surface area contributed by atoms with Crippen LogP contribution in [0.2, 0.25) is 0 Å². The van der Waals surface area contributed by atoms with Crippen LogP contribution >= 0.6 is 0 Å². The summed E-state index contributed by atoms with van der Waals surface area (Å²) in [5.41, 5.74) is 9.00. The summed E-state index contributed by atoms with van der Waals surface area (Å²) in [5.74, 6) is 0.500. The normalized spacial score (nSPS) is 10.9. The Balaban J connectivity index is 1.55. The zero-order valence-corrected chi connectivity index (χ0v) is 17.0. The molecule has 0 aliphatic rings. The molecule has 148 valence electrons. The third kappa shape index (κ3) is 4.70. The molecule has 0 radical (unpaired) electrons. The van der Waals surface area contributed by atoms with Gasteiger partial charge in [-0.25, -0.2) is 15.4 Å². The van der Waals surface area contributed by atoms with Gasteiger partial charge in [0.2, 0.25) is 5.95 Å². The van der Waals surface area contributed by atoms with E-state index < -0.39 is 0 Å². The van der Waals surface area contributed by atoms with Gasteiger partial charge in [0.25, 0.3) is 0 Å². The number of nitrogens with zero attached hydrogens (tertiary/aromatic N) is 4. The highest BCUT2D eigenvalue weighted by molar-refractivity contribution is 5.83. The van der Waals surface area contributed by atoms with Crippen LogP contribution in [-0.4, -0.2) is 16.2 Å². The molecule has 0 aliphatic heterocycles. The van der Waals surface area contributed by atoms with Crippen molar-refractivity contribution in [3.05, 3.63) is 108 Å². The van der Waals surface area contributed by atoms with Crippen molar-refractivity contribution >= 4 is 29.2 Å². The van der Waals surface area contributed by atoms with Gasteiger partial charge in [-0.15, -0.1) is 0 Å². The Hall–Kier alpha value is -3.99. The molecule has 1 aromatic heterocycles. The Kier molecular flexibility index (Phi) is 5.80. The minimum atomic E-state index is 0.500. The van der Waals surface area contributed by atoms with E-state index in [1.807, 2.05) is 68.4 Å². The quantitative estimate of drug-likeness (QED) is 0.322. The van der Waals surface area contributed by atoms with Crippen LogP contribution in [0.4, 0.5) is 23.0 Å². The second-order valence-corrected chi connectivity index (χ2v) is 6.94. The Morgan fingerprint density at radius 1 is 0.700 bits per heavy atom. The lowest BCUT2D eigenvalue weighted by molar-refractivity contribution is 1.04. The lowest BCUT2D eigenvalue weighted by Crippen LogP contribution is -2.09. The molecule has 0 saturated carbocycles. The van der Waals surface area contributed by atoms with Crippen molar-refractivity contribution in [2.75, 3.05) is 10.3 Å². The van der Waals surface area contributed by atoms with Gasteiger partial charge >= 0.3 is 0 Å². The molecule has 30 heavy (non-hydrogen) atoms. The number of benzene rings is 3. The molecule has 0 unspecified atom stereocenters. The number of hydrazone groups is 1. The molecule has 5 nitrogen and oxygen atoms in total. The van der Waals surface area contributed by atoms with E-state index in [2.05, 4.69) is 61.8 Å². The lowest BCUT2D eigenvalue weighted by Gasteiger charge is -2.25. The molecule has 0 fully saturated rings. The van der Waals surface area contributed by atoms with Crippen molar-refractivity contribution in [1.29, 1.82) is 0 Å². The first-order valence-corrected chi connectivity index (χ1v) is 9.81. The fraction of sp³-hybridized carbons (Fsp3) is 0.0800. The highest BCUT2D eigenvalue weighted by Gasteiger charge is 2.11. The van der Waals surface area contributed by atoms with Crippen LogP contribution < -0.4 is 10.3 Å². The topological polar surface area (TPSA) is 53.4 Å². The number of anilines is 4. The van der Waals surface area contributed by atoms with Gasteiger partial charge in [0.05, 0.1) is 6.21 Å². The van der Waals surface area contributed by atoms with Crippen LogP contribution in [0.5, 0.6) is 0 Å². The molecule has 1 N–H and O–H groups in total. The molecule has 0 amide bonds. The third-order valence-corrected chi connectivity index (χ3v) is 4.54. The molecular weight excluding hydrogens is 370 g/mol. The van der Waals surface area contributed by atoms with E-state index in [1.54, 1.807) is 6.21 Å². The Bertz CT molecular complexity index is 1060. The van der Waals surface area contributed by atoms with Crippen LogP contribution in [0.15, 0.2) is 96.1 Å². The molecule has 4 aromatic rings. The largest absolute Gasteiger partial charge is 0.311 e. The van der Waals surface area contributed by atoms with Crippen molar-refractivity contribution in [3.63, 3.8) is 0 Å². The van der Waals surface area contributed by atoms with Crippen LogP contribution in [-0.2, 0) is 0 Å². The van der Waals surface area contributed by atoms with E-state index in [0.717, 1.165) is 34.0 Å². The van der Waals surface area contributed by atoms with Crippen molar-refractivity contribution in [2.45, 2.75) is 13.8 Å². The molecule has 0 aliphatic carbocycles. The SMILES string of the molecule is Cc1cc(C)nc(NN=Cc2ccc(N(c3ccccc3)c3ccccc3)cc2)n1. The van der Waals surface area contributed by atoms with Gasteiger partial charge in [-0.1, -0.05) is 48.5 Å². The number of aromatic nitrogens is 2. The summed E-state index contributed by atoms with van der Waals surface area (Å²) in [5, 5.41) is 4.27. The van der Waals surface area contributed by atoms with Crippen LogP contribution in [0.1, 0.15) is 17.0 Å². The lowest BCUT2D eigenvalue weighted by atomic mass is 10.1. The predicted molar refractivity (Wildman–Crippen MR) is 124 cm³/mol. The van der Waals surface area contributed by atoms with Gasteiger partial charge in [0, 0.05) is 28.5 Å². The number of aryl methyl sites for hydroxylation is 2. The van der Waals surface area contributed by atoms with Gasteiger partial charge < -0.3 is 4.90 Å². The fourth-order valence-electron chi connectivity index (χ4n) is 3.25. The van der Waals surface area contributed by atoms with Crippen LogP contribution in [0.25, 0.3) is 0 Å². The van der Waals surface area contributed by atoms with E-state index in [1.165, 1.54) is 0 Å². The summed E-state index contributed by atoms with van der Waals surface area (Å²) < 4.78 is 0. The van der Waals surface area contributed by atoms with E-state index in [9.17, 15) is 0 Å². The number of rotatable bonds is 6. The Morgan fingerprint density at radius 3 is 1.73 bits per heavy atom. The summed E-state index contributed by atoms with van der Waals surface area (Å²) in [6.45, 7) is 3.88. The Labute approximate surface area is 176 Å². The summed E-state index contributed by atoms with van der Waals surface area (Å²) in [4.78, 5) is 10.9. The van der Waals surface area contributed by atoms with Gasteiger partial charge in [-0.3, -0.25) is 0 Å². The van der Waals surface area contributed by atoms with Gasteiger partial charge in [-0.2, -0.15) is 5.10 Å². The molecule has 0 bridgehead atoms. The first kappa shape index (κ1) is 19.3. The van der Waals surface area contributed by atoms with Crippen molar-refractivity contribution < 1.29 is 0 Å². The smallest absolute Gasteiger partial charge is 0.243 e. The molecule has 3 aromatic carbocycles. The fourth-order valence-corrected chi connectivity index (χ4v) is 3.25. The zero-order valence-electron chi connectivity index (χ0n) is 17.0. The summed E-state index contributed by atoms with van der Waals surface area (Å²) in [6.07, 6.45) is 1.76. The maximum Gasteiger partial charge on any atom is 0.243 e. The summed E-state index contributed by atoms with van der Waals surface area (Å²) >= 11 is 0. The first-order valence-electron chi connectivity index (χ1n) is 9.81. The summed E-state index contributed by atoms with van der Waals surface area (Å²) in [6, 6.07) is 30.9. The van der Waals surface area contributed by atoms with Crippen molar-refractivity contribution in [3.8, 4) is 0 Å². The van der Waals surface area contributed by atoms with Gasteiger partial charge in [0.1, 0.15) is 0 Å². The van der Waals surface area contributed by atoms with Crippen molar-refractivity contribution in [1.82, 2.24) is 9.97 Å². The van der Waals surface area contributed by atoms with E-state index >= 15 is 0 Å². The molecule has 0 atom stereocenters. The Morgan fingerprint density at radius 2 is 1.20 bits per heavy atom. The average molecular weight is 393 g/mol. The summed E-state index contributed by atoms with van der Waals surface area (Å²) in [7, 11) is 0. The van der Waals surface area contributed by atoms with E-state index in [4.69, 9.17) is 0 Å². The monoisotopic (exact) mass is 393 g/mol. The maximum absolute atomic E-state index is 4.33. The van der Waals surface area contributed by atoms with Crippen LogP contribution in [0.3, 0.4) is 0 Å². The number of nitrogens with one attached hydrogen (secondary N) is 1. The standard InChI is InChI=1S/C25H23N5/c1-19-17-20(2)28-25(27-19)29-26-18-21-13-15-24(16-14-21)30(22-9-5-3-6-10-22)23-11-7-4-8-12-23/h3-18H,1-2H3,(H,27,28,29). The van der Waals surface area contributed by atoms with Gasteiger partial charge in [0.15, 0.2) is 0 Å². The first-order chi connectivity index (χ1) is 14.7. The van der Waals surface area contributed by atoms with E-state index in [0.29, 0.717) is 5.95 Å². The molecular formula is C25H23N5. The average Bonchev–Trinajstić information content (AvgIpc) is 2.76. The highest BCUT2D eigenvalue weighted by atomic mass is 15.3. The minimum Gasteiger partial charge on any atom is -0.311 e. The zero-order chi connectivity index (χ0) is 20.8. The van der Waals surface area contributed by atoms with Crippen LogP contribution in [0, 0.1) is 13.8 Å². The number of hydrogen-bond donors (Lipinski definition) is 1. The predicted octanol–water partition coefficient (Wildman–Crippen LogP) is 6.01.